The molecule has 3 N–H and O–H groups in total. The molecule has 1 aromatic heterocycles. The Balaban J connectivity index is 1.44. The van der Waals surface area contributed by atoms with Crippen molar-refractivity contribution in [1.82, 2.24) is 20.9 Å². The molecule has 0 bridgehead atoms. The summed E-state index contributed by atoms with van der Waals surface area (Å²) in [5, 5.41) is 8.26. The lowest BCUT2D eigenvalue weighted by atomic mass is 9.95. The first kappa shape index (κ1) is 23.2. The predicted molar refractivity (Wildman–Crippen MR) is 126 cm³/mol. The number of fused-ring (bicyclic) bond motifs is 2. The molecule has 2 aliphatic heterocycles. The van der Waals surface area contributed by atoms with E-state index >= 15 is 0 Å². The van der Waals surface area contributed by atoms with Gasteiger partial charge in [-0.2, -0.15) is 0 Å². The fourth-order valence-corrected chi connectivity index (χ4v) is 4.51. The van der Waals surface area contributed by atoms with Crippen LogP contribution < -0.4 is 20.7 Å². The number of hydrogen-bond acceptors (Lipinski definition) is 7. The van der Waals surface area contributed by atoms with Crippen molar-refractivity contribution in [3.05, 3.63) is 64.9 Å². The molecule has 186 valence electrons. The second-order valence-corrected chi connectivity index (χ2v) is 8.55. The van der Waals surface area contributed by atoms with Crippen LogP contribution in [-0.4, -0.2) is 49.1 Å². The molecular weight excluding hydrogens is 468 g/mol. The van der Waals surface area contributed by atoms with E-state index in [1.807, 2.05) is 0 Å². The van der Waals surface area contributed by atoms with Crippen molar-refractivity contribution in [2.24, 2.45) is 0 Å². The third-order valence-corrected chi connectivity index (χ3v) is 6.28. The molecule has 3 heterocycles. The van der Waals surface area contributed by atoms with Crippen LogP contribution in [0.5, 0.6) is 5.75 Å². The molecule has 5 rings (SSSR count). The van der Waals surface area contributed by atoms with E-state index in [1.54, 1.807) is 49.4 Å². The Morgan fingerprint density at radius 3 is 2.72 bits per heavy atom. The SMILES string of the molecule is CCOC(=O)NCc1ccc2oc(C3(CN4Cc5ccc(OC)cc5C4=O)NC(=O)NC3=O)cc2c1. The van der Waals surface area contributed by atoms with Gasteiger partial charge in [-0.05, 0) is 48.4 Å². The van der Waals surface area contributed by atoms with Crippen molar-refractivity contribution in [1.29, 1.82) is 0 Å². The van der Waals surface area contributed by atoms with Crippen LogP contribution in [0, 0.1) is 0 Å². The number of hydrogen-bond donors (Lipinski definition) is 3. The second kappa shape index (κ2) is 8.91. The number of nitrogens with one attached hydrogen (secondary N) is 3. The fraction of sp³-hybridized carbons (Fsp3) is 0.280. The first-order chi connectivity index (χ1) is 17.3. The van der Waals surface area contributed by atoms with Gasteiger partial charge in [0.15, 0.2) is 5.54 Å². The average molecular weight is 492 g/mol. The van der Waals surface area contributed by atoms with E-state index < -0.39 is 23.6 Å². The minimum absolute atomic E-state index is 0.127. The van der Waals surface area contributed by atoms with Crippen LogP contribution in [0.25, 0.3) is 11.0 Å². The minimum atomic E-state index is -1.61. The standard InChI is InChI=1S/C25H24N4O7/c1-3-35-24(33)26-11-14-4-7-19-16(8-14)9-20(36-19)25(22(31)27-23(32)28-25)13-29-12-15-5-6-17(34-2)10-18(15)21(29)30/h4-10H,3,11-13H2,1-2H3,(H,26,33)(H2,27,28,31,32). The van der Waals surface area contributed by atoms with Crippen LogP contribution >= 0.6 is 0 Å². The van der Waals surface area contributed by atoms with Crippen molar-refractivity contribution in [2.45, 2.75) is 25.6 Å². The zero-order valence-corrected chi connectivity index (χ0v) is 19.7. The van der Waals surface area contributed by atoms with E-state index in [0.29, 0.717) is 22.3 Å². The van der Waals surface area contributed by atoms with Crippen LogP contribution in [0.2, 0.25) is 0 Å². The lowest BCUT2D eigenvalue weighted by Gasteiger charge is -2.29. The van der Waals surface area contributed by atoms with E-state index in [-0.39, 0.29) is 37.9 Å². The quantitative estimate of drug-likeness (QED) is 0.430. The zero-order chi connectivity index (χ0) is 25.4. The van der Waals surface area contributed by atoms with Crippen LogP contribution in [0.15, 0.2) is 46.9 Å². The molecule has 1 fully saturated rings. The Labute approximate surface area is 205 Å². The number of ether oxygens (including phenoxy) is 2. The topological polar surface area (TPSA) is 139 Å². The molecule has 0 aliphatic carbocycles. The molecule has 11 nitrogen and oxygen atoms in total. The lowest BCUT2D eigenvalue weighted by Crippen LogP contribution is -2.52. The van der Waals surface area contributed by atoms with Crippen molar-refractivity contribution < 1.29 is 33.1 Å². The highest BCUT2D eigenvalue weighted by atomic mass is 16.5. The Bertz CT molecular complexity index is 1400. The number of alkyl carbamates (subject to hydrolysis) is 1. The maximum absolute atomic E-state index is 13.2. The van der Waals surface area contributed by atoms with Crippen LogP contribution in [-0.2, 0) is 28.2 Å². The molecular formula is C25H24N4O7. The van der Waals surface area contributed by atoms with Crippen LogP contribution in [0.1, 0.15) is 34.2 Å². The number of furan rings is 1. The summed E-state index contributed by atoms with van der Waals surface area (Å²) in [5.41, 5.74) is 0.942. The van der Waals surface area contributed by atoms with E-state index in [2.05, 4.69) is 16.0 Å². The molecule has 0 spiro atoms. The second-order valence-electron chi connectivity index (χ2n) is 8.55. The first-order valence-corrected chi connectivity index (χ1v) is 11.4. The van der Waals surface area contributed by atoms with Crippen molar-refractivity contribution in [2.75, 3.05) is 20.3 Å². The number of amides is 5. The number of urea groups is 1. The third kappa shape index (κ3) is 3.98. The maximum Gasteiger partial charge on any atom is 0.407 e. The summed E-state index contributed by atoms with van der Waals surface area (Å²) in [6.07, 6.45) is -0.524. The van der Waals surface area contributed by atoms with E-state index in [9.17, 15) is 19.2 Å². The van der Waals surface area contributed by atoms with Gasteiger partial charge in [-0.3, -0.25) is 14.9 Å². The van der Waals surface area contributed by atoms with Crippen molar-refractivity contribution in [3.63, 3.8) is 0 Å². The normalized spacial score (nSPS) is 18.7. The molecule has 36 heavy (non-hydrogen) atoms. The van der Waals surface area contributed by atoms with Crippen molar-refractivity contribution >= 4 is 34.9 Å². The average Bonchev–Trinajstić information content (AvgIpc) is 3.51. The maximum atomic E-state index is 13.2. The summed E-state index contributed by atoms with van der Waals surface area (Å²) in [6.45, 7) is 2.37. The molecule has 0 saturated carbocycles. The molecule has 1 atom stereocenters. The predicted octanol–water partition coefficient (Wildman–Crippen LogP) is 2.38. The number of carbonyl (C=O) groups is 4. The highest BCUT2D eigenvalue weighted by molar-refractivity contribution is 6.08. The molecule has 5 amide bonds. The fourth-order valence-electron chi connectivity index (χ4n) is 4.51. The summed E-state index contributed by atoms with van der Waals surface area (Å²) in [7, 11) is 1.52. The highest BCUT2D eigenvalue weighted by Gasteiger charge is 2.53. The Hall–Kier alpha value is -4.54. The molecule has 2 aromatic carbocycles. The summed E-state index contributed by atoms with van der Waals surface area (Å²) < 4.78 is 16.1. The van der Waals surface area contributed by atoms with E-state index in [1.165, 1.54) is 12.0 Å². The Morgan fingerprint density at radius 1 is 1.17 bits per heavy atom. The van der Waals surface area contributed by atoms with Gasteiger partial charge in [-0.1, -0.05) is 12.1 Å². The van der Waals surface area contributed by atoms with Gasteiger partial charge in [0.05, 0.1) is 20.3 Å². The Morgan fingerprint density at radius 2 is 2.00 bits per heavy atom. The zero-order valence-electron chi connectivity index (χ0n) is 19.7. The molecule has 2 aliphatic rings. The third-order valence-electron chi connectivity index (χ3n) is 6.28. The summed E-state index contributed by atoms with van der Waals surface area (Å²) in [5.74, 6) is -0.147. The first-order valence-electron chi connectivity index (χ1n) is 11.4. The molecule has 0 radical (unpaired) electrons. The van der Waals surface area contributed by atoms with E-state index in [0.717, 1.165) is 11.1 Å². The van der Waals surface area contributed by atoms with E-state index in [4.69, 9.17) is 13.9 Å². The summed E-state index contributed by atoms with van der Waals surface area (Å²) >= 11 is 0. The Kier molecular flexibility index (Phi) is 5.75. The molecule has 3 aromatic rings. The van der Waals surface area contributed by atoms with Gasteiger partial charge in [0.25, 0.3) is 11.8 Å². The van der Waals surface area contributed by atoms with Gasteiger partial charge < -0.3 is 29.4 Å². The van der Waals surface area contributed by atoms with Crippen molar-refractivity contribution in [3.8, 4) is 5.75 Å². The largest absolute Gasteiger partial charge is 0.497 e. The number of carbonyl (C=O) groups excluding carboxylic acids is 4. The van der Waals surface area contributed by atoms with Gasteiger partial charge in [0.1, 0.15) is 17.1 Å². The van der Waals surface area contributed by atoms with Gasteiger partial charge in [0, 0.05) is 24.0 Å². The summed E-state index contributed by atoms with van der Waals surface area (Å²) in [6, 6.07) is 11.5. The monoisotopic (exact) mass is 492 g/mol. The highest BCUT2D eigenvalue weighted by Crippen LogP contribution is 2.35. The van der Waals surface area contributed by atoms with Gasteiger partial charge >= 0.3 is 12.1 Å². The number of nitrogens with zero attached hydrogens (tertiary/aromatic N) is 1. The van der Waals surface area contributed by atoms with Crippen LogP contribution in [0.4, 0.5) is 9.59 Å². The number of imide groups is 1. The van der Waals surface area contributed by atoms with Gasteiger partial charge in [-0.25, -0.2) is 9.59 Å². The minimum Gasteiger partial charge on any atom is -0.497 e. The lowest BCUT2D eigenvalue weighted by molar-refractivity contribution is -0.125. The summed E-state index contributed by atoms with van der Waals surface area (Å²) in [4.78, 5) is 51.6. The smallest absolute Gasteiger partial charge is 0.407 e. The number of rotatable bonds is 7. The number of benzene rings is 2. The number of methoxy groups -OCH3 is 1. The van der Waals surface area contributed by atoms with Gasteiger partial charge in [0.2, 0.25) is 0 Å². The molecule has 11 heteroatoms. The molecule has 1 unspecified atom stereocenters. The van der Waals surface area contributed by atoms with Gasteiger partial charge in [-0.15, -0.1) is 0 Å². The molecule has 1 saturated heterocycles. The van der Waals surface area contributed by atoms with Crippen LogP contribution in [0.3, 0.4) is 0 Å².